The van der Waals surface area contributed by atoms with E-state index < -0.39 is 0 Å². The summed E-state index contributed by atoms with van der Waals surface area (Å²) in [5.74, 6) is 1.04. The standard InChI is InChI=1S/C16H24O2S/c1-15(2,3)12-7-11(9-19-10-17)8-13(14(12)18)16(4,5)6/h7-8,10,18H,9H2,1-6H3. The Bertz CT molecular complexity index is 430. The lowest BCUT2D eigenvalue weighted by atomic mass is 9.78. The summed E-state index contributed by atoms with van der Waals surface area (Å²) in [6.07, 6.45) is 0. The molecule has 0 aromatic heterocycles. The van der Waals surface area contributed by atoms with Crippen molar-refractivity contribution in [2.45, 2.75) is 58.1 Å². The van der Waals surface area contributed by atoms with Gasteiger partial charge in [0.05, 0.1) is 0 Å². The smallest absolute Gasteiger partial charge is 0.176 e. The molecule has 2 nitrogen and oxygen atoms in total. The minimum Gasteiger partial charge on any atom is -0.507 e. The van der Waals surface area contributed by atoms with Crippen molar-refractivity contribution in [1.82, 2.24) is 0 Å². The summed E-state index contributed by atoms with van der Waals surface area (Å²) < 4.78 is 0. The van der Waals surface area contributed by atoms with E-state index >= 15 is 0 Å². The second kappa shape index (κ2) is 5.58. The zero-order valence-corrected chi connectivity index (χ0v) is 13.5. The van der Waals surface area contributed by atoms with E-state index in [1.807, 2.05) is 12.1 Å². The van der Waals surface area contributed by atoms with E-state index in [4.69, 9.17) is 0 Å². The summed E-state index contributed by atoms with van der Waals surface area (Å²) in [7, 11) is 0. The Labute approximate surface area is 120 Å². The minimum absolute atomic E-state index is 0.119. The summed E-state index contributed by atoms with van der Waals surface area (Å²) >= 11 is 1.24. The average Bonchev–Trinajstić information content (AvgIpc) is 2.24. The molecule has 0 amide bonds. The Kier molecular flexibility index (Phi) is 4.72. The van der Waals surface area contributed by atoms with Gasteiger partial charge in [0.1, 0.15) is 5.75 Å². The summed E-state index contributed by atoms with van der Waals surface area (Å²) in [6.45, 7) is 12.5. The molecular weight excluding hydrogens is 256 g/mol. The number of phenols is 1. The third-order valence-corrected chi connectivity index (χ3v) is 3.74. The molecule has 0 radical (unpaired) electrons. The Morgan fingerprint density at radius 2 is 1.47 bits per heavy atom. The van der Waals surface area contributed by atoms with Crippen LogP contribution in [0, 0.1) is 0 Å². The lowest BCUT2D eigenvalue weighted by molar-refractivity contribution is 0.423. The monoisotopic (exact) mass is 280 g/mol. The number of rotatable bonds is 3. The molecule has 0 unspecified atom stereocenters. The maximum atomic E-state index is 10.5. The van der Waals surface area contributed by atoms with Gasteiger partial charge in [-0.05, 0) is 27.5 Å². The summed E-state index contributed by atoms with van der Waals surface area (Å²) in [6, 6.07) is 4.03. The Hall–Kier alpha value is -0.960. The number of phenolic OH excluding ortho intramolecular Hbond substituents is 1. The fourth-order valence-corrected chi connectivity index (χ4v) is 2.48. The molecule has 0 saturated heterocycles. The van der Waals surface area contributed by atoms with Crippen LogP contribution in [-0.4, -0.2) is 10.7 Å². The SMILES string of the molecule is CC(C)(C)c1cc(CSC=O)cc(C(C)(C)C)c1O. The Morgan fingerprint density at radius 1 is 1.05 bits per heavy atom. The van der Waals surface area contributed by atoms with Crippen molar-refractivity contribution in [3.05, 3.63) is 28.8 Å². The van der Waals surface area contributed by atoms with Crippen LogP contribution >= 0.6 is 11.8 Å². The van der Waals surface area contributed by atoms with Crippen LogP contribution in [0.25, 0.3) is 0 Å². The molecule has 106 valence electrons. The molecule has 0 heterocycles. The highest BCUT2D eigenvalue weighted by molar-refractivity contribution is 8.11. The van der Waals surface area contributed by atoms with Gasteiger partial charge < -0.3 is 5.11 Å². The van der Waals surface area contributed by atoms with Crippen LogP contribution in [-0.2, 0) is 21.4 Å². The van der Waals surface area contributed by atoms with E-state index in [0.29, 0.717) is 11.5 Å². The summed E-state index contributed by atoms with van der Waals surface area (Å²) in [5, 5.41) is 10.5. The van der Waals surface area contributed by atoms with Gasteiger partial charge in [0.15, 0.2) is 5.62 Å². The van der Waals surface area contributed by atoms with Crippen molar-refractivity contribution in [2.75, 3.05) is 0 Å². The number of carbonyl (C=O) groups excluding carboxylic acids is 1. The summed E-state index contributed by atoms with van der Waals surface area (Å²) in [5.41, 5.74) is 3.60. The molecule has 1 N–H and O–H groups in total. The zero-order chi connectivity index (χ0) is 14.8. The molecule has 1 aromatic rings. The molecule has 0 bridgehead atoms. The van der Waals surface area contributed by atoms with Crippen LogP contribution in [0.4, 0.5) is 0 Å². The van der Waals surface area contributed by atoms with Gasteiger partial charge in [0, 0.05) is 5.75 Å². The van der Waals surface area contributed by atoms with E-state index in [1.54, 1.807) is 0 Å². The molecule has 0 aliphatic heterocycles. The molecule has 0 saturated carbocycles. The van der Waals surface area contributed by atoms with Crippen molar-refractivity contribution >= 4 is 17.4 Å². The van der Waals surface area contributed by atoms with E-state index in [0.717, 1.165) is 22.3 Å². The topological polar surface area (TPSA) is 37.3 Å². The van der Waals surface area contributed by atoms with Crippen LogP contribution in [0.1, 0.15) is 58.2 Å². The Balaban J connectivity index is 3.43. The molecule has 3 heteroatoms. The second-order valence-corrected chi connectivity index (χ2v) is 7.76. The van der Waals surface area contributed by atoms with Crippen molar-refractivity contribution in [3.63, 3.8) is 0 Å². The van der Waals surface area contributed by atoms with Gasteiger partial charge in [-0.2, -0.15) is 0 Å². The lowest BCUT2D eigenvalue weighted by Crippen LogP contribution is -2.17. The van der Waals surface area contributed by atoms with Gasteiger partial charge in [-0.3, -0.25) is 4.79 Å². The van der Waals surface area contributed by atoms with Crippen LogP contribution in [0.3, 0.4) is 0 Å². The van der Waals surface area contributed by atoms with Gasteiger partial charge in [0.25, 0.3) is 0 Å². The first kappa shape index (κ1) is 16.1. The number of thioether (sulfide) groups is 1. The van der Waals surface area contributed by atoms with Gasteiger partial charge >= 0.3 is 0 Å². The molecule has 0 fully saturated rings. The second-order valence-electron chi connectivity index (χ2n) is 6.95. The van der Waals surface area contributed by atoms with Gasteiger partial charge in [-0.25, -0.2) is 0 Å². The van der Waals surface area contributed by atoms with Crippen molar-refractivity contribution in [1.29, 1.82) is 0 Å². The van der Waals surface area contributed by atoms with E-state index in [9.17, 15) is 9.90 Å². The number of aromatic hydroxyl groups is 1. The molecule has 1 rings (SSSR count). The molecular formula is C16H24O2S. The lowest BCUT2D eigenvalue weighted by Gasteiger charge is -2.28. The van der Waals surface area contributed by atoms with Crippen molar-refractivity contribution in [3.8, 4) is 5.75 Å². The molecule has 0 spiro atoms. The molecule has 1 aromatic carbocycles. The fourth-order valence-electron chi connectivity index (χ4n) is 2.05. The number of hydrogen-bond donors (Lipinski definition) is 1. The minimum atomic E-state index is -0.119. The maximum absolute atomic E-state index is 10.5. The largest absolute Gasteiger partial charge is 0.507 e. The van der Waals surface area contributed by atoms with E-state index in [2.05, 4.69) is 41.5 Å². The predicted molar refractivity (Wildman–Crippen MR) is 83.6 cm³/mol. The van der Waals surface area contributed by atoms with Crippen LogP contribution in [0.15, 0.2) is 12.1 Å². The first-order valence-corrected chi connectivity index (χ1v) is 7.54. The number of hydrogen-bond acceptors (Lipinski definition) is 3. The first-order valence-electron chi connectivity index (χ1n) is 6.49. The van der Waals surface area contributed by atoms with E-state index in [1.165, 1.54) is 11.8 Å². The van der Waals surface area contributed by atoms with E-state index in [-0.39, 0.29) is 10.8 Å². The molecule has 0 aliphatic carbocycles. The predicted octanol–water partition coefficient (Wildman–Crippen LogP) is 4.41. The maximum Gasteiger partial charge on any atom is 0.176 e. The molecule has 0 aliphatic rings. The number of carbonyl (C=O) groups is 1. The van der Waals surface area contributed by atoms with Crippen LogP contribution < -0.4 is 0 Å². The van der Waals surface area contributed by atoms with Crippen LogP contribution in [0.5, 0.6) is 5.75 Å². The quantitative estimate of drug-likeness (QED) is 0.833. The third-order valence-electron chi connectivity index (χ3n) is 3.10. The van der Waals surface area contributed by atoms with Gasteiger partial charge in [0.2, 0.25) is 0 Å². The highest BCUT2D eigenvalue weighted by Gasteiger charge is 2.26. The molecule has 0 atom stereocenters. The van der Waals surface area contributed by atoms with Gasteiger partial charge in [-0.1, -0.05) is 65.4 Å². The van der Waals surface area contributed by atoms with Crippen molar-refractivity contribution < 1.29 is 9.90 Å². The average molecular weight is 280 g/mol. The highest BCUT2D eigenvalue weighted by Crippen LogP contribution is 2.40. The highest BCUT2D eigenvalue weighted by atomic mass is 32.2. The first-order chi connectivity index (χ1) is 8.57. The molecule has 19 heavy (non-hydrogen) atoms. The summed E-state index contributed by atoms with van der Waals surface area (Å²) in [4.78, 5) is 10.5. The van der Waals surface area contributed by atoms with Crippen molar-refractivity contribution in [2.24, 2.45) is 0 Å². The normalized spacial score (nSPS) is 12.5. The zero-order valence-electron chi connectivity index (χ0n) is 12.7. The van der Waals surface area contributed by atoms with Crippen LogP contribution in [0.2, 0.25) is 0 Å². The third kappa shape index (κ3) is 4.00. The fraction of sp³-hybridized carbons (Fsp3) is 0.562. The number of benzene rings is 1. The van der Waals surface area contributed by atoms with Gasteiger partial charge in [-0.15, -0.1) is 0 Å². The Morgan fingerprint density at radius 3 is 1.79 bits per heavy atom.